The van der Waals surface area contributed by atoms with Gasteiger partial charge in [0.05, 0.1) is 12.2 Å². The first-order valence-electron chi connectivity index (χ1n) is 3.48. The minimum absolute atomic E-state index is 0.464. The van der Waals surface area contributed by atoms with Gasteiger partial charge in [-0.2, -0.15) is 0 Å². The lowest BCUT2D eigenvalue weighted by atomic mass is 10.3. The van der Waals surface area contributed by atoms with E-state index in [0.717, 1.165) is 16.7 Å². The summed E-state index contributed by atoms with van der Waals surface area (Å²) in [7, 11) is 0. The first kappa shape index (κ1) is 7.30. The molecule has 0 atom stereocenters. The number of H-pyrrole nitrogens is 1. The van der Waals surface area contributed by atoms with Crippen molar-refractivity contribution < 1.29 is 0 Å². The molecule has 2 aromatic rings. The molecular formula is C7H6N4S. The minimum Gasteiger partial charge on any atom is -0.346 e. The van der Waals surface area contributed by atoms with Crippen molar-refractivity contribution in [1.29, 1.82) is 0 Å². The summed E-state index contributed by atoms with van der Waals surface area (Å²) in [5, 5.41) is 0.992. The molecule has 2 heterocycles. The standard InChI is InChI=1S/C7H6N4S/c12-11-3-6-5-1-2-8-7(5)10-4-9-6/h1-2,4H,3H2,(H,8,9,10). The number of hydrogen-bond donors (Lipinski definition) is 1. The Morgan fingerprint density at radius 1 is 1.50 bits per heavy atom. The average molecular weight is 178 g/mol. The SMILES string of the molecule is S=NCc1ncnc2[nH]ccc12. The third-order valence-electron chi connectivity index (χ3n) is 1.65. The van der Waals surface area contributed by atoms with Crippen molar-refractivity contribution in [2.24, 2.45) is 4.36 Å². The quantitative estimate of drug-likeness (QED) is 0.751. The van der Waals surface area contributed by atoms with Gasteiger partial charge < -0.3 is 4.98 Å². The molecule has 4 nitrogen and oxygen atoms in total. The highest BCUT2D eigenvalue weighted by atomic mass is 32.1. The molecule has 0 amide bonds. The Hall–Kier alpha value is -1.36. The van der Waals surface area contributed by atoms with E-state index in [9.17, 15) is 0 Å². The van der Waals surface area contributed by atoms with Gasteiger partial charge in [-0.1, -0.05) is 0 Å². The van der Waals surface area contributed by atoms with Crippen LogP contribution in [0, 0.1) is 0 Å². The predicted octanol–water partition coefficient (Wildman–Crippen LogP) is 1.19. The van der Waals surface area contributed by atoms with Gasteiger partial charge in [-0.3, -0.25) is 0 Å². The minimum atomic E-state index is 0.464. The molecule has 2 rings (SSSR count). The maximum Gasteiger partial charge on any atom is 0.141 e. The molecule has 0 aromatic carbocycles. The van der Waals surface area contributed by atoms with Gasteiger partial charge in [0, 0.05) is 24.0 Å². The highest BCUT2D eigenvalue weighted by molar-refractivity contribution is 7.47. The second-order valence-electron chi connectivity index (χ2n) is 2.35. The maximum atomic E-state index is 4.53. The van der Waals surface area contributed by atoms with E-state index in [1.54, 1.807) is 0 Å². The second kappa shape index (κ2) is 2.94. The van der Waals surface area contributed by atoms with Gasteiger partial charge in [0.1, 0.15) is 12.0 Å². The molecule has 12 heavy (non-hydrogen) atoms. The molecule has 2 aromatic heterocycles. The van der Waals surface area contributed by atoms with E-state index < -0.39 is 0 Å². The smallest absolute Gasteiger partial charge is 0.141 e. The number of hydrogen-bond acceptors (Lipinski definition) is 4. The monoisotopic (exact) mass is 178 g/mol. The molecule has 0 spiro atoms. The highest BCUT2D eigenvalue weighted by Crippen LogP contribution is 2.12. The molecule has 0 aliphatic carbocycles. The third-order valence-corrected chi connectivity index (χ3v) is 1.78. The van der Waals surface area contributed by atoms with Crippen LogP contribution in [0.1, 0.15) is 5.69 Å². The number of fused-ring (bicyclic) bond motifs is 1. The van der Waals surface area contributed by atoms with Crippen LogP contribution >= 0.6 is 0 Å². The summed E-state index contributed by atoms with van der Waals surface area (Å²) >= 11 is 4.53. The number of rotatable bonds is 2. The van der Waals surface area contributed by atoms with E-state index in [1.807, 2.05) is 12.3 Å². The molecule has 0 fully saturated rings. The van der Waals surface area contributed by atoms with E-state index in [1.165, 1.54) is 6.33 Å². The Balaban J connectivity index is 2.65. The lowest BCUT2D eigenvalue weighted by molar-refractivity contribution is 1.01. The molecule has 0 bridgehead atoms. The van der Waals surface area contributed by atoms with Crippen molar-refractivity contribution in [1.82, 2.24) is 15.0 Å². The van der Waals surface area contributed by atoms with Gasteiger partial charge in [-0.25, -0.2) is 14.3 Å². The van der Waals surface area contributed by atoms with Crippen molar-refractivity contribution in [2.75, 3.05) is 0 Å². The molecule has 0 aliphatic rings. The van der Waals surface area contributed by atoms with Gasteiger partial charge in [0.2, 0.25) is 0 Å². The largest absolute Gasteiger partial charge is 0.346 e. The van der Waals surface area contributed by atoms with Crippen molar-refractivity contribution >= 4 is 23.5 Å². The summed E-state index contributed by atoms with van der Waals surface area (Å²) in [4.78, 5) is 11.1. The van der Waals surface area contributed by atoms with E-state index in [2.05, 4.69) is 31.7 Å². The fourth-order valence-corrected chi connectivity index (χ4v) is 1.24. The molecule has 0 saturated carbocycles. The molecule has 60 valence electrons. The van der Waals surface area contributed by atoms with E-state index in [-0.39, 0.29) is 0 Å². The van der Waals surface area contributed by atoms with Gasteiger partial charge in [0.15, 0.2) is 0 Å². The molecule has 5 heteroatoms. The number of aromatic amines is 1. The molecule has 0 saturated heterocycles. The lowest BCUT2D eigenvalue weighted by Crippen LogP contribution is -1.89. The van der Waals surface area contributed by atoms with Crippen molar-refractivity contribution in [2.45, 2.75) is 6.54 Å². The zero-order chi connectivity index (χ0) is 8.39. The van der Waals surface area contributed by atoms with Crippen LogP contribution in [0.2, 0.25) is 0 Å². The first-order valence-corrected chi connectivity index (χ1v) is 3.84. The lowest BCUT2D eigenvalue weighted by Gasteiger charge is -1.94. The van der Waals surface area contributed by atoms with Crippen LogP contribution in [0.25, 0.3) is 11.0 Å². The summed E-state index contributed by atoms with van der Waals surface area (Å²) in [5.41, 5.74) is 1.70. The number of nitrogens with one attached hydrogen (secondary N) is 1. The topological polar surface area (TPSA) is 53.9 Å². The predicted molar refractivity (Wildman–Crippen MR) is 47.4 cm³/mol. The van der Waals surface area contributed by atoms with Crippen LogP contribution in [0.5, 0.6) is 0 Å². The summed E-state index contributed by atoms with van der Waals surface area (Å²) in [5.74, 6) is 0. The van der Waals surface area contributed by atoms with Crippen LogP contribution in [-0.4, -0.2) is 15.0 Å². The van der Waals surface area contributed by atoms with Gasteiger partial charge in [-0.15, -0.1) is 0 Å². The molecule has 1 N–H and O–H groups in total. The Kier molecular flexibility index (Phi) is 1.79. The van der Waals surface area contributed by atoms with Gasteiger partial charge in [-0.05, 0) is 6.07 Å². The Labute approximate surface area is 74.2 Å². The fraction of sp³-hybridized carbons (Fsp3) is 0.143. The van der Waals surface area contributed by atoms with Crippen LogP contribution < -0.4 is 0 Å². The zero-order valence-corrected chi connectivity index (χ0v) is 7.01. The normalized spacial score (nSPS) is 10.3. The van der Waals surface area contributed by atoms with Crippen LogP contribution in [0.4, 0.5) is 0 Å². The summed E-state index contributed by atoms with van der Waals surface area (Å²) < 4.78 is 3.61. The Morgan fingerprint density at radius 2 is 2.42 bits per heavy atom. The average Bonchev–Trinajstić information content (AvgIpc) is 2.53. The summed E-state index contributed by atoms with van der Waals surface area (Å²) in [6, 6.07) is 1.92. The van der Waals surface area contributed by atoms with Gasteiger partial charge >= 0.3 is 0 Å². The van der Waals surface area contributed by atoms with Crippen LogP contribution in [0.15, 0.2) is 23.0 Å². The molecule has 0 aliphatic heterocycles. The zero-order valence-electron chi connectivity index (χ0n) is 6.19. The third kappa shape index (κ3) is 1.08. The van der Waals surface area contributed by atoms with E-state index >= 15 is 0 Å². The summed E-state index contributed by atoms with van der Waals surface area (Å²) in [6.45, 7) is 0.464. The van der Waals surface area contributed by atoms with Crippen molar-refractivity contribution in [3.8, 4) is 0 Å². The van der Waals surface area contributed by atoms with Crippen LogP contribution in [0.3, 0.4) is 0 Å². The second-order valence-corrected chi connectivity index (χ2v) is 2.61. The Bertz CT molecular complexity index is 408. The number of aromatic nitrogens is 3. The fourth-order valence-electron chi connectivity index (χ4n) is 1.11. The van der Waals surface area contributed by atoms with Crippen LogP contribution in [-0.2, 0) is 19.0 Å². The number of nitrogens with zero attached hydrogens (tertiary/aromatic N) is 3. The maximum absolute atomic E-state index is 4.53. The molecule has 0 unspecified atom stereocenters. The summed E-state index contributed by atoms with van der Waals surface area (Å²) in [6.07, 6.45) is 3.33. The van der Waals surface area contributed by atoms with Crippen molar-refractivity contribution in [3.63, 3.8) is 0 Å². The van der Waals surface area contributed by atoms with E-state index in [4.69, 9.17) is 0 Å². The Morgan fingerprint density at radius 3 is 3.25 bits per heavy atom. The van der Waals surface area contributed by atoms with E-state index in [0.29, 0.717) is 6.54 Å². The highest BCUT2D eigenvalue weighted by Gasteiger charge is 2.01. The van der Waals surface area contributed by atoms with Gasteiger partial charge in [0.25, 0.3) is 0 Å². The molecule has 0 radical (unpaired) electrons. The molecular weight excluding hydrogens is 172 g/mol. The van der Waals surface area contributed by atoms with Crippen molar-refractivity contribution in [3.05, 3.63) is 24.3 Å². The first-order chi connectivity index (χ1) is 5.92.